The summed E-state index contributed by atoms with van der Waals surface area (Å²) in [5.74, 6) is 1.46. The van der Waals surface area contributed by atoms with E-state index in [0.29, 0.717) is 37.4 Å². The number of hydrogen-bond donors (Lipinski definition) is 0. The zero-order valence-electron chi connectivity index (χ0n) is 15.5. The molecule has 1 atom stereocenters. The maximum atomic E-state index is 12.3. The molecule has 0 aromatic carbocycles. The Labute approximate surface area is 144 Å². The zero-order chi connectivity index (χ0) is 17.9. The monoisotopic (exact) mass is 336 g/mol. The second kappa shape index (κ2) is 7.28. The molecule has 1 aromatic heterocycles. The maximum absolute atomic E-state index is 12.3. The number of ether oxygens (including phenoxy) is 3. The second-order valence-electron chi connectivity index (χ2n) is 7.43. The molecule has 1 aromatic rings. The van der Waals surface area contributed by atoms with Crippen molar-refractivity contribution < 1.29 is 19.0 Å². The molecule has 6 nitrogen and oxygen atoms in total. The van der Waals surface area contributed by atoms with Crippen molar-refractivity contribution >= 4 is 6.09 Å². The summed E-state index contributed by atoms with van der Waals surface area (Å²) < 4.78 is 17.0. The van der Waals surface area contributed by atoms with Crippen LogP contribution in [0.2, 0.25) is 0 Å². The normalized spacial score (nSPS) is 16.0. The van der Waals surface area contributed by atoms with Gasteiger partial charge in [-0.1, -0.05) is 13.8 Å². The van der Waals surface area contributed by atoms with Gasteiger partial charge in [-0.3, -0.25) is 0 Å². The van der Waals surface area contributed by atoms with Crippen molar-refractivity contribution in [3.05, 3.63) is 17.7 Å². The molecule has 134 valence electrons. The van der Waals surface area contributed by atoms with Crippen LogP contribution in [0, 0.1) is 5.92 Å². The highest BCUT2D eigenvalue weighted by molar-refractivity contribution is 5.68. The molecule has 2 heterocycles. The van der Waals surface area contributed by atoms with Crippen LogP contribution in [0.5, 0.6) is 11.8 Å². The minimum atomic E-state index is -0.518. The first-order valence-corrected chi connectivity index (χ1v) is 8.43. The number of nitrogens with zero attached hydrogens (tertiary/aromatic N) is 2. The lowest BCUT2D eigenvalue weighted by Gasteiger charge is -2.26. The van der Waals surface area contributed by atoms with E-state index in [1.165, 1.54) is 0 Å². The maximum Gasteiger partial charge on any atom is 0.410 e. The number of amides is 1. The van der Waals surface area contributed by atoms with Crippen LogP contribution in [-0.4, -0.2) is 40.8 Å². The molecule has 0 saturated carbocycles. The summed E-state index contributed by atoms with van der Waals surface area (Å²) in [4.78, 5) is 18.3. The van der Waals surface area contributed by atoms with E-state index in [1.807, 2.05) is 39.8 Å². The van der Waals surface area contributed by atoms with Crippen molar-refractivity contribution in [2.24, 2.45) is 5.92 Å². The van der Waals surface area contributed by atoms with Gasteiger partial charge in [0.05, 0.1) is 19.2 Å². The van der Waals surface area contributed by atoms with Crippen molar-refractivity contribution in [1.82, 2.24) is 9.88 Å². The van der Waals surface area contributed by atoms with Crippen LogP contribution in [0.25, 0.3) is 0 Å². The lowest BCUT2D eigenvalue weighted by molar-refractivity contribution is 0.0225. The van der Waals surface area contributed by atoms with Crippen molar-refractivity contribution in [2.45, 2.75) is 59.8 Å². The Kier molecular flexibility index (Phi) is 5.57. The van der Waals surface area contributed by atoms with Gasteiger partial charge in [-0.15, -0.1) is 0 Å². The summed E-state index contributed by atoms with van der Waals surface area (Å²) in [5, 5.41) is 0. The van der Waals surface area contributed by atoms with Gasteiger partial charge in [0.15, 0.2) is 0 Å². The average Bonchev–Trinajstić information content (AvgIpc) is 2.67. The predicted octanol–water partition coefficient (Wildman–Crippen LogP) is 3.63. The van der Waals surface area contributed by atoms with Gasteiger partial charge in [-0.25, -0.2) is 4.79 Å². The fourth-order valence-electron chi connectivity index (χ4n) is 2.11. The number of pyridine rings is 1. The summed E-state index contributed by atoms with van der Waals surface area (Å²) in [7, 11) is 0. The molecule has 24 heavy (non-hydrogen) atoms. The molecule has 1 amide bonds. The van der Waals surface area contributed by atoms with Gasteiger partial charge in [-0.2, -0.15) is 4.98 Å². The van der Waals surface area contributed by atoms with E-state index in [4.69, 9.17) is 14.2 Å². The molecule has 6 heteroatoms. The van der Waals surface area contributed by atoms with Crippen molar-refractivity contribution in [3.8, 4) is 11.8 Å². The van der Waals surface area contributed by atoms with E-state index in [-0.39, 0.29) is 12.2 Å². The lowest BCUT2D eigenvalue weighted by atomic mass is 10.1. The fraction of sp³-hybridized carbons (Fsp3) is 0.667. The zero-order valence-corrected chi connectivity index (χ0v) is 15.5. The molecular formula is C18H28N2O4. The highest BCUT2D eigenvalue weighted by atomic mass is 16.6. The average molecular weight is 336 g/mol. The van der Waals surface area contributed by atoms with Crippen LogP contribution in [0.15, 0.2) is 12.1 Å². The topological polar surface area (TPSA) is 60.9 Å². The van der Waals surface area contributed by atoms with Gasteiger partial charge in [0, 0.05) is 11.6 Å². The number of carbonyl (C=O) groups excluding carboxylic acids is 1. The number of hydrogen-bond acceptors (Lipinski definition) is 5. The number of aromatic nitrogens is 1. The second-order valence-corrected chi connectivity index (χ2v) is 7.43. The van der Waals surface area contributed by atoms with E-state index in [0.717, 1.165) is 5.56 Å². The highest BCUT2D eigenvalue weighted by Gasteiger charge is 2.26. The molecule has 1 aliphatic heterocycles. The SMILES string of the molecule is CC(C)[C@H](C)Oc1ccc2c(n1)OCCN(C(=O)OC(C)(C)C)C2. The van der Waals surface area contributed by atoms with Gasteiger partial charge in [0.25, 0.3) is 0 Å². The van der Waals surface area contributed by atoms with E-state index in [2.05, 4.69) is 18.8 Å². The Balaban J connectivity index is 2.10. The largest absolute Gasteiger partial charge is 0.475 e. The van der Waals surface area contributed by atoms with Gasteiger partial charge >= 0.3 is 6.09 Å². The van der Waals surface area contributed by atoms with Crippen LogP contribution >= 0.6 is 0 Å². The number of carbonyl (C=O) groups is 1. The third-order valence-corrected chi connectivity index (χ3v) is 3.77. The molecule has 2 rings (SSSR count). The summed E-state index contributed by atoms with van der Waals surface area (Å²) >= 11 is 0. The molecule has 0 radical (unpaired) electrons. The van der Waals surface area contributed by atoms with E-state index < -0.39 is 5.60 Å². The first-order valence-electron chi connectivity index (χ1n) is 8.43. The van der Waals surface area contributed by atoms with Gasteiger partial charge < -0.3 is 19.1 Å². The molecular weight excluding hydrogens is 308 g/mol. The van der Waals surface area contributed by atoms with Crippen LogP contribution < -0.4 is 9.47 Å². The lowest BCUT2D eigenvalue weighted by Crippen LogP contribution is -2.37. The molecule has 0 fully saturated rings. The Morgan fingerprint density at radius 3 is 2.62 bits per heavy atom. The van der Waals surface area contributed by atoms with Crippen LogP contribution in [0.1, 0.15) is 47.1 Å². The molecule has 0 saturated heterocycles. The summed E-state index contributed by atoms with van der Waals surface area (Å²) in [6, 6.07) is 3.72. The molecule has 0 unspecified atom stereocenters. The van der Waals surface area contributed by atoms with E-state index in [9.17, 15) is 4.79 Å². The number of rotatable bonds is 3. The predicted molar refractivity (Wildman–Crippen MR) is 91.3 cm³/mol. The Morgan fingerprint density at radius 2 is 2.00 bits per heavy atom. The minimum absolute atomic E-state index is 0.0691. The van der Waals surface area contributed by atoms with Gasteiger partial charge in [0.2, 0.25) is 11.8 Å². The Hall–Kier alpha value is -1.98. The quantitative estimate of drug-likeness (QED) is 0.843. The van der Waals surface area contributed by atoms with Crippen molar-refractivity contribution in [3.63, 3.8) is 0 Å². The minimum Gasteiger partial charge on any atom is -0.475 e. The molecule has 0 bridgehead atoms. The smallest absolute Gasteiger partial charge is 0.410 e. The third kappa shape index (κ3) is 5.01. The van der Waals surface area contributed by atoms with Gasteiger partial charge in [-0.05, 0) is 39.7 Å². The van der Waals surface area contributed by atoms with Crippen molar-refractivity contribution in [1.29, 1.82) is 0 Å². The van der Waals surface area contributed by atoms with E-state index in [1.54, 1.807) is 4.90 Å². The first kappa shape index (κ1) is 18.4. The Morgan fingerprint density at radius 1 is 1.29 bits per heavy atom. The third-order valence-electron chi connectivity index (χ3n) is 3.77. The van der Waals surface area contributed by atoms with Crippen LogP contribution in [-0.2, 0) is 11.3 Å². The van der Waals surface area contributed by atoms with Crippen LogP contribution in [0.4, 0.5) is 4.79 Å². The highest BCUT2D eigenvalue weighted by Crippen LogP contribution is 2.26. The Bertz CT molecular complexity index is 581. The number of fused-ring (bicyclic) bond motifs is 1. The first-order chi connectivity index (χ1) is 11.2. The van der Waals surface area contributed by atoms with Crippen molar-refractivity contribution in [2.75, 3.05) is 13.2 Å². The molecule has 1 aliphatic rings. The standard InChI is InChI=1S/C18H28N2O4/c1-12(2)13(3)23-15-8-7-14-11-20(9-10-22-16(14)19-15)17(21)24-18(4,5)6/h7-8,12-13H,9-11H2,1-6H3/t13-/m0/s1. The van der Waals surface area contributed by atoms with Crippen LogP contribution in [0.3, 0.4) is 0 Å². The molecule has 0 aliphatic carbocycles. The summed E-state index contributed by atoms with van der Waals surface area (Å²) in [6.07, 6.45) is -0.271. The summed E-state index contributed by atoms with van der Waals surface area (Å²) in [5.41, 5.74) is 0.332. The fourth-order valence-corrected chi connectivity index (χ4v) is 2.11. The molecule has 0 spiro atoms. The van der Waals surface area contributed by atoms with E-state index >= 15 is 0 Å². The van der Waals surface area contributed by atoms with Gasteiger partial charge in [0.1, 0.15) is 12.2 Å². The summed E-state index contributed by atoms with van der Waals surface area (Å²) in [6.45, 7) is 13.0. The molecule has 0 N–H and O–H groups in total.